The van der Waals surface area contributed by atoms with Gasteiger partial charge in [0.2, 0.25) is 0 Å². The molecule has 1 aromatic heterocycles. The molecule has 1 heterocycles. The van der Waals surface area contributed by atoms with E-state index in [0.717, 1.165) is 10.9 Å². The molecule has 0 saturated carbocycles. The summed E-state index contributed by atoms with van der Waals surface area (Å²) >= 11 is 0. The Morgan fingerprint density at radius 1 is 1.25 bits per heavy atom. The molecular formula is C21H27NO6. The molecule has 2 rings (SSSR count). The maximum Gasteiger partial charge on any atom is 0.336 e. The van der Waals surface area contributed by atoms with Crippen LogP contribution in [0.25, 0.3) is 11.0 Å². The number of carboxylic acid groups (broad SMARTS) is 1. The lowest BCUT2D eigenvalue weighted by Crippen LogP contribution is -2.46. The number of amides is 1. The summed E-state index contributed by atoms with van der Waals surface area (Å²) in [6, 6.07) is 4.02. The maximum atomic E-state index is 12.4. The van der Waals surface area contributed by atoms with Crippen LogP contribution >= 0.6 is 0 Å². The molecule has 2 atom stereocenters. The van der Waals surface area contributed by atoms with Gasteiger partial charge in [0.05, 0.1) is 0 Å². The molecular weight excluding hydrogens is 362 g/mol. The van der Waals surface area contributed by atoms with Gasteiger partial charge in [-0.05, 0) is 50.3 Å². The van der Waals surface area contributed by atoms with Crippen LogP contribution in [0.3, 0.4) is 0 Å². The van der Waals surface area contributed by atoms with Crippen molar-refractivity contribution in [3.05, 3.63) is 39.7 Å². The zero-order valence-corrected chi connectivity index (χ0v) is 16.9. The number of aryl methyl sites for hydroxylation is 2. The Hall–Kier alpha value is -2.83. The number of carbonyl (C=O) groups excluding carboxylic acids is 1. The molecule has 28 heavy (non-hydrogen) atoms. The van der Waals surface area contributed by atoms with Crippen molar-refractivity contribution in [3.8, 4) is 5.75 Å². The van der Waals surface area contributed by atoms with Gasteiger partial charge in [0.25, 0.3) is 5.91 Å². The van der Waals surface area contributed by atoms with Gasteiger partial charge in [-0.2, -0.15) is 0 Å². The van der Waals surface area contributed by atoms with E-state index in [9.17, 15) is 19.5 Å². The van der Waals surface area contributed by atoms with E-state index >= 15 is 0 Å². The normalized spacial score (nSPS) is 13.4. The first kappa shape index (κ1) is 21.5. The molecule has 0 unspecified atom stereocenters. The van der Waals surface area contributed by atoms with Crippen LogP contribution in [-0.2, 0) is 16.0 Å². The van der Waals surface area contributed by atoms with E-state index in [-0.39, 0.29) is 5.92 Å². The van der Waals surface area contributed by atoms with Gasteiger partial charge in [0, 0.05) is 17.0 Å². The monoisotopic (exact) mass is 389 g/mol. The quantitative estimate of drug-likeness (QED) is 0.672. The molecule has 152 valence electrons. The molecule has 1 amide bonds. The third-order valence-corrected chi connectivity index (χ3v) is 4.57. The van der Waals surface area contributed by atoms with E-state index in [0.29, 0.717) is 29.7 Å². The summed E-state index contributed by atoms with van der Waals surface area (Å²) in [6.07, 6.45) is 0.104. The Morgan fingerprint density at radius 2 is 1.93 bits per heavy atom. The molecule has 1 aromatic carbocycles. The summed E-state index contributed by atoms with van der Waals surface area (Å²) < 4.78 is 11.1. The highest BCUT2D eigenvalue weighted by Crippen LogP contribution is 2.29. The number of fused-ring (bicyclic) bond motifs is 1. The van der Waals surface area contributed by atoms with Gasteiger partial charge < -0.3 is 19.6 Å². The SMILES string of the molecule is CCc1cc(=O)oc2c(C)c(O[C@H](C)C(=O)N[C@@H](CC(C)C)C(=O)O)ccc12. The Balaban J connectivity index is 2.23. The summed E-state index contributed by atoms with van der Waals surface area (Å²) in [5, 5.41) is 12.6. The second-order valence-electron chi connectivity index (χ2n) is 7.30. The van der Waals surface area contributed by atoms with Gasteiger partial charge in [0.15, 0.2) is 6.10 Å². The fourth-order valence-corrected chi connectivity index (χ4v) is 3.05. The van der Waals surface area contributed by atoms with Crippen LogP contribution < -0.4 is 15.7 Å². The van der Waals surface area contributed by atoms with E-state index in [1.54, 1.807) is 26.0 Å². The third-order valence-electron chi connectivity index (χ3n) is 4.57. The zero-order valence-electron chi connectivity index (χ0n) is 16.9. The minimum absolute atomic E-state index is 0.121. The summed E-state index contributed by atoms with van der Waals surface area (Å²) in [4.78, 5) is 35.6. The van der Waals surface area contributed by atoms with Gasteiger partial charge in [-0.3, -0.25) is 4.79 Å². The Bertz CT molecular complexity index is 930. The van der Waals surface area contributed by atoms with Crippen molar-refractivity contribution in [3.63, 3.8) is 0 Å². The Labute approximate surface area is 163 Å². The van der Waals surface area contributed by atoms with E-state index in [1.807, 2.05) is 20.8 Å². The van der Waals surface area contributed by atoms with E-state index < -0.39 is 29.6 Å². The van der Waals surface area contributed by atoms with Crippen LogP contribution in [0, 0.1) is 12.8 Å². The van der Waals surface area contributed by atoms with Crippen molar-refractivity contribution in [2.45, 2.75) is 59.6 Å². The van der Waals surface area contributed by atoms with E-state index in [4.69, 9.17) is 9.15 Å². The van der Waals surface area contributed by atoms with Crippen LogP contribution in [0.15, 0.2) is 27.4 Å². The predicted octanol–water partition coefficient (Wildman–Crippen LogP) is 3.05. The molecule has 2 N–H and O–H groups in total. The first-order valence-corrected chi connectivity index (χ1v) is 9.40. The van der Waals surface area contributed by atoms with Crippen molar-refractivity contribution in [1.29, 1.82) is 0 Å². The molecule has 2 aromatic rings. The molecule has 0 radical (unpaired) electrons. The smallest absolute Gasteiger partial charge is 0.336 e. The molecule has 0 bridgehead atoms. The fraction of sp³-hybridized carbons (Fsp3) is 0.476. The van der Waals surface area contributed by atoms with Crippen molar-refractivity contribution in [2.75, 3.05) is 0 Å². The molecule has 0 aliphatic rings. The van der Waals surface area contributed by atoms with Gasteiger partial charge in [0.1, 0.15) is 17.4 Å². The van der Waals surface area contributed by atoms with Gasteiger partial charge in [-0.25, -0.2) is 9.59 Å². The number of hydrogen-bond donors (Lipinski definition) is 2. The topological polar surface area (TPSA) is 106 Å². The molecule has 0 aliphatic carbocycles. The first-order chi connectivity index (χ1) is 13.1. The van der Waals surface area contributed by atoms with Gasteiger partial charge >= 0.3 is 11.6 Å². The highest BCUT2D eigenvalue weighted by atomic mass is 16.5. The van der Waals surface area contributed by atoms with Gasteiger partial charge in [-0.15, -0.1) is 0 Å². The van der Waals surface area contributed by atoms with E-state index in [1.165, 1.54) is 6.07 Å². The fourth-order valence-electron chi connectivity index (χ4n) is 3.05. The second-order valence-corrected chi connectivity index (χ2v) is 7.30. The van der Waals surface area contributed by atoms with Crippen molar-refractivity contribution < 1.29 is 23.8 Å². The number of nitrogens with one attached hydrogen (secondary N) is 1. The average Bonchev–Trinajstić information content (AvgIpc) is 2.62. The average molecular weight is 389 g/mol. The molecule has 7 heteroatoms. The Morgan fingerprint density at radius 3 is 2.50 bits per heavy atom. The molecule has 0 aliphatic heterocycles. The van der Waals surface area contributed by atoms with Gasteiger partial charge in [-0.1, -0.05) is 20.8 Å². The number of aliphatic carboxylic acids is 1. The van der Waals surface area contributed by atoms with Crippen LogP contribution in [0.1, 0.15) is 45.2 Å². The molecule has 0 fully saturated rings. The van der Waals surface area contributed by atoms with Crippen LogP contribution in [0.2, 0.25) is 0 Å². The second kappa shape index (κ2) is 8.91. The number of ether oxygens (including phenoxy) is 1. The number of benzene rings is 1. The highest BCUT2D eigenvalue weighted by molar-refractivity contribution is 5.87. The highest BCUT2D eigenvalue weighted by Gasteiger charge is 2.25. The number of hydrogen-bond acceptors (Lipinski definition) is 5. The minimum Gasteiger partial charge on any atom is -0.480 e. The zero-order chi connectivity index (χ0) is 21.0. The largest absolute Gasteiger partial charge is 0.480 e. The first-order valence-electron chi connectivity index (χ1n) is 9.40. The van der Waals surface area contributed by atoms with Crippen LogP contribution in [0.4, 0.5) is 0 Å². The van der Waals surface area contributed by atoms with Crippen LogP contribution in [-0.4, -0.2) is 29.1 Å². The number of rotatable bonds is 8. The third kappa shape index (κ3) is 4.91. The summed E-state index contributed by atoms with van der Waals surface area (Å²) in [5.41, 5.74) is 1.48. The molecule has 7 nitrogen and oxygen atoms in total. The molecule has 0 spiro atoms. The minimum atomic E-state index is -1.08. The lowest BCUT2D eigenvalue weighted by atomic mass is 10.0. The Kier molecular flexibility index (Phi) is 6.83. The number of carbonyl (C=O) groups is 2. The van der Waals surface area contributed by atoms with E-state index in [2.05, 4.69) is 5.32 Å². The maximum absolute atomic E-state index is 12.4. The summed E-state index contributed by atoms with van der Waals surface area (Å²) in [7, 11) is 0. The predicted molar refractivity (Wildman–Crippen MR) is 106 cm³/mol. The number of carboxylic acids is 1. The van der Waals surface area contributed by atoms with Crippen molar-refractivity contribution >= 4 is 22.8 Å². The lowest BCUT2D eigenvalue weighted by Gasteiger charge is -2.21. The summed E-state index contributed by atoms with van der Waals surface area (Å²) in [5.74, 6) is -1.07. The van der Waals surface area contributed by atoms with Crippen molar-refractivity contribution in [1.82, 2.24) is 5.32 Å². The summed E-state index contributed by atoms with van der Waals surface area (Å²) in [6.45, 7) is 9.03. The standard InChI is InChI=1S/C21H27NO6/c1-6-14-10-18(23)28-19-12(4)17(8-7-15(14)19)27-13(5)20(24)22-16(21(25)26)9-11(2)3/h7-8,10-11,13,16H,6,9H2,1-5H3,(H,22,24)(H,25,26)/t13-,16+/m1/s1. The van der Waals surface area contributed by atoms with Crippen LogP contribution in [0.5, 0.6) is 5.75 Å². The lowest BCUT2D eigenvalue weighted by molar-refractivity contribution is -0.143. The molecule has 0 saturated heterocycles. The van der Waals surface area contributed by atoms with Crippen molar-refractivity contribution in [2.24, 2.45) is 5.92 Å².